The number of aliphatic carboxylic acids is 1. The zero-order valence-corrected chi connectivity index (χ0v) is 10.3. The lowest BCUT2D eigenvalue weighted by Crippen LogP contribution is -2.54. The molecule has 2 rings (SSSR count). The minimum absolute atomic E-state index is 0.132. The summed E-state index contributed by atoms with van der Waals surface area (Å²) in [7, 11) is 0. The summed E-state index contributed by atoms with van der Waals surface area (Å²) in [5.74, 6) is -3.45. The molecule has 0 heterocycles. The molecule has 0 amide bonds. The Morgan fingerprint density at radius 1 is 1.50 bits per heavy atom. The Balaban J connectivity index is 2.29. The summed E-state index contributed by atoms with van der Waals surface area (Å²) in [6, 6.07) is 6.21. The number of nitrogens with two attached hydrogens (primary N) is 1. The number of hydrogen-bond donors (Lipinski definition) is 2. The predicted molar refractivity (Wildman–Crippen MR) is 64.8 cm³/mol. The summed E-state index contributed by atoms with van der Waals surface area (Å²) in [6.45, 7) is 0. The largest absolute Gasteiger partial charge is 0.481 e. The lowest BCUT2D eigenvalue weighted by Gasteiger charge is -2.43. The van der Waals surface area contributed by atoms with Crippen LogP contribution in [0, 0.1) is 0 Å². The molecule has 3 nitrogen and oxygen atoms in total. The Labute approximate surface area is 107 Å². The van der Waals surface area contributed by atoms with Gasteiger partial charge in [0, 0.05) is 10.9 Å². The monoisotopic (exact) mass is 273 g/mol. The van der Waals surface area contributed by atoms with Crippen LogP contribution in [-0.2, 0) is 10.2 Å². The summed E-state index contributed by atoms with van der Waals surface area (Å²) in [5, 5.41) is 9.32. The average molecular weight is 273 g/mol. The van der Waals surface area contributed by atoms with E-state index in [1.807, 2.05) is 0 Å². The van der Waals surface area contributed by atoms with Crippen LogP contribution in [0.25, 0.3) is 0 Å². The van der Waals surface area contributed by atoms with Crippen LogP contribution >= 0.6 is 11.8 Å². The van der Waals surface area contributed by atoms with E-state index in [0.717, 1.165) is 0 Å². The third-order valence-corrected chi connectivity index (χ3v) is 3.95. The van der Waals surface area contributed by atoms with Gasteiger partial charge in [-0.3, -0.25) is 4.79 Å². The molecule has 1 aromatic carbocycles. The second-order valence-electron chi connectivity index (χ2n) is 4.46. The molecule has 3 N–H and O–H groups in total. The molecule has 0 atom stereocenters. The van der Waals surface area contributed by atoms with Crippen molar-refractivity contribution in [2.45, 2.75) is 35.0 Å². The Morgan fingerprint density at radius 2 is 2.17 bits per heavy atom. The van der Waals surface area contributed by atoms with Crippen molar-refractivity contribution < 1.29 is 18.7 Å². The smallest absolute Gasteiger partial charge is 0.314 e. The Kier molecular flexibility index (Phi) is 3.59. The number of halogens is 2. The highest BCUT2D eigenvalue weighted by molar-refractivity contribution is 7.99. The lowest BCUT2D eigenvalue weighted by molar-refractivity contribution is -0.148. The van der Waals surface area contributed by atoms with Gasteiger partial charge >= 0.3 is 5.97 Å². The van der Waals surface area contributed by atoms with Gasteiger partial charge in [0.05, 0.1) is 5.41 Å². The topological polar surface area (TPSA) is 63.3 Å². The summed E-state index contributed by atoms with van der Waals surface area (Å²) in [5.41, 5.74) is 5.22. The van der Waals surface area contributed by atoms with E-state index in [4.69, 9.17) is 5.73 Å². The molecule has 1 fully saturated rings. The van der Waals surface area contributed by atoms with Crippen molar-refractivity contribution in [2.75, 3.05) is 0 Å². The van der Waals surface area contributed by atoms with Crippen molar-refractivity contribution in [1.29, 1.82) is 0 Å². The normalized spacial score (nSPS) is 27.0. The third-order valence-electron chi connectivity index (χ3n) is 3.24. The second-order valence-corrected chi connectivity index (χ2v) is 5.53. The Hall–Kier alpha value is -1.14. The molecule has 1 aliphatic carbocycles. The van der Waals surface area contributed by atoms with Crippen molar-refractivity contribution in [1.82, 2.24) is 0 Å². The van der Waals surface area contributed by atoms with E-state index in [1.54, 1.807) is 18.2 Å². The number of carboxylic acids is 1. The molecule has 0 aromatic heterocycles. The summed E-state index contributed by atoms with van der Waals surface area (Å²) < 4.78 is 24.6. The Bertz CT molecular complexity index is 461. The Morgan fingerprint density at radius 3 is 2.67 bits per heavy atom. The number of rotatable bonds is 4. The first kappa shape index (κ1) is 13.3. The standard InChI is InChI=1S/C12H13F2NO2S/c13-11(14)18-9-3-1-2-7(4-9)12(10(16)17)5-8(15)6-12/h1-4,8,11H,5-6,15H2,(H,16,17). The van der Waals surface area contributed by atoms with Crippen LogP contribution in [0.3, 0.4) is 0 Å². The molecule has 1 aromatic rings. The highest BCUT2D eigenvalue weighted by Gasteiger charge is 2.50. The van der Waals surface area contributed by atoms with Crippen molar-refractivity contribution in [3.8, 4) is 0 Å². The molecule has 6 heteroatoms. The van der Waals surface area contributed by atoms with Gasteiger partial charge in [-0.2, -0.15) is 8.78 Å². The van der Waals surface area contributed by atoms with Crippen LogP contribution < -0.4 is 5.73 Å². The maximum atomic E-state index is 12.3. The van der Waals surface area contributed by atoms with Crippen LogP contribution in [0.15, 0.2) is 29.2 Å². The molecule has 0 aliphatic heterocycles. The molecule has 0 saturated heterocycles. The molecule has 18 heavy (non-hydrogen) atoms. The second kappa shape index (κ2) is 4.85. The molecular weight excluding hydrogens is 260 g/mol. The number of carbonyl (C=O) groups is 1. The number of thioether (sulfide) groups is 1. The van der Waals surface area contributed by atoms with Gasteiger partial charge in [-0.25, -0.2) is 0 Å². The fraction of sp³-hybridized carbons (Fsp3) is 0.417. The van der Waals surface area contributed by atoms with Gasteiger partial charge in [0.15, 0.2) is 0 Å². The maximum absolute atomic E-state index is 12.3. The van der Waals surface area contributed by atoms with Gasteiger partial charge in [-0.05, 0) is 30.5 Å². The maximum Gasteiger partial charge on any atom is 0.314 e. The molecule has 0 bridgehead atoms. The van der Waals surface area contributed by atoms with Crippen molar-refractivity contribution >= 4 is 17.7 Å². The number of benzene rings is 1. The van der Waals surface area contributed by atoms with E-state index >= 15 is 0 Å². The van der Waals surface area contributed by atoms with Gasteiger partial charge < -0.3 is 10.8 Å². The first-order valence-electron chi connectivity index (χ1n) is 5.48. The molecule has 1 aliphatic rings. The van der Waals surface area contributed by atoms with E-state index in [2.05, 4.69) is 0 Å². The number of carboxylic acid groups (broad SMARTS) is 1. The molecule has 0 unspecified atom stereocenters. The SMILES string of the molecule is NC1CC(C(=O)O)(c2cccc(SC(F)F)c2)C1. The average Bonchev–Trinajstić information content (AvgIpc) is 2.23. The van der Waals surface area contributed by atoms with Gasteiger partial charge in [-0.1, -0.05) is 23.9 Å². The van der Waals surface area contributed by atoms with Crippen LogP contribution in [-0.4, -0.2) is 22.9 Å². The van der Waals surface area contributed by atoms with Gasteiger partial charge in [-0.15, -0.1) is 0 Å². The molecule has 0 spiro atoms. The lowest BCUT2D eigenvalue weighted by atomic mass is 9.62. The number of alkyl halides is 2. The molecule has 0 radical (unpaired) electrons. The van der Waals surface area contributed by atoms with E-state index in [1.165, 1.54) is 6.07 Å². The van der Waals surface area contributed by atoms with Crippen LogP contribution in [0.5, 0.6) is 0 Å². The van der Waals surface area contributed by atoms with Gasteiger partial charge in [0.25, 0.3) is 5.76 Å². The van der Waals surface area contributed by atoms with Crippen molar-refractivity contribution in [3.63, 3.8) is 0 Å². The highest BCUT2D eigenvalue weighted by Crippen LogP contribution is 2.44. The van der Waals surface area contributed by atoms with Gasteiger partial charge in [0.1, 0.15) is 0 Å². The van der Waals surface area contributed by atoms with Crippen LogP contribution in [0.4, 0.5) is 8.78 Å². The van der Waals surface area contributed by atoms with E-state index in [9.17, 15) is 18.7 Å². The molecule has 1 saturated carbocycles. The minimum atomic E-state index is -2.51. The van der Waals surface area contributed by atoms with Crippen LogP contribution in [0.1, 0.15) is 18.4 Å². The summed E-state index contributed by atoms with van der Waals surface area (Å²) in [4.78, 5) is 11.8. The summed E-state index contributed by atoms with van der Waals surface area (Å²) >= 11 is 0.418. The zero-order valence-electron chi connectivity index (χ0n) is 9.48. The highest BCUT2D eigenvalue weighted by atomic mass is 32.2. The number of hydrogen-bond acceptors (Lipinski definition) is 3. The van der Waals surface area contributed by atoms with Crippen molar-refractivity contribution in [3.05, 3.63) is 29.8 Å². The van der Waals surface area contributed by atoms with E-state index < -0.39 is 17.1 Å². The van der Waals surface area contributed by atoms with Gasteiger partial charge in [0.2, 0.25) is 0 Å². The zero-order chi connectivity index (χ0) is 13.3. The predicted octanol–water partition coefficient (Wildman–Crippen LogP) is 2.44. The van der Waals surface area contributed by atoms with E-state index in [-0.39, 0.29) is 6.04 Å². The summed E-state index contributed by atoms with van der Waals surface area (Å²) in [6.07, 6.45) is 0.705. The fourth-order valence-electron chi connectivity index (χ4n) is 2.34. The van der Waals surface area contributed by atoms with Crippen molar-refractivity contribution in [2.24, 2.45) is 5.73 Å². The third kappa shape index (κ3) is 2.35. The fourth-order valence-corrected chi connectivity index (χ4v) is 2.90. The first-order chi connectivity index (χ1) is 8.44. The van der Waals surface area contributed by atoms with E-state index in [0.29, 0.717) is 35.1 Å². The minimum Gasteiger partial charge on any atom is -0.481 e. The quantitative estimate of drug-likeness (QED) is 0.827. The first-order valence-corrected chi connectivity index (χ1v) is 6.36. The molecular formula is C12H13F2NO2S. The molecule has 98 valence electrons. The van der Waals surface area contributed by atoms with Crippen LogP contribution in [0.2, 0.25) is 0 Å².